The highest BCUT2D eigenvalue weighted by molar-refractivity contribution is 7.92. The molecule has 1 atom stereocenters. The highest BCUT2D eigenvalue weighted by Gasteiger charge is 2.26. The van der Waals surface area contributed by atoms with Crippen molar-refractivity contribution in [2.45, 2.75) is 17.9 Å². The summed E-state index contributed by atoms with van der Waals surface area (Å²) in [5.41, 5.74) is 0.705. The first kappa shape index (κ1) is 24.8. The number of hydrogen-bond acceptors (Lipinski definition) is 7. The van der Waals surface area contributed by atoms with Crippen LogP contribution in [-0.4, -0.2) is 47.5 Å². The summed E-state index contributed by atoms with van der Waals surface area (Å²) in [5.74, 6) is -0.506. The molecule has 0 aliphatic carbocycles. The van der Waals surface area contributed by atoms with E-state index in [1.165, 1.54) is 58.5 Å². The molecule has 0 heterocycles. The van der Waals surface area contributed by atoms with Gasteiger partial charge in [-0.25, -0.2) is 13.2 Å². The Morgan fingerprint density at radius 2 is 1.59 bits per heavy atom. The molecule has 0 saturated heterocycles. The van der Waals surface area contributed by atoms with Gasteiger partial charge in [0.1, 0.15) is 11.5 Å². The molecule has 34 heavy (non-hydrogen) atoms. The first-order valence-corrected chi connectivity index (χ1v) is 11.7. The standard InChI is InChI=1S/C25H25NO7S/c1-17(24(27)22-14-13-20(31-3)16-23(22)32-4)33-25(28)18-9-8-12-21(15-18)34(29,30)26(2)19-10-6-5-7-11-19/h5-17H,1-4H3/t17-/m0/s1. The number of Topliss-reactive ketones (excluding diaryl/α,β-unsaturated/α-hetero) is 1. The van der Waals surface area contributed by atoms with Gasteiger partial charge in [0.2, 0.25) is 5.78 Å². The van der Waals surface area contributed by atoms with Crippen LogP contribution in [-0.2, 0) is 14.8 Å². The molecule has 0 bridgehead atoms. The van der Waals surface area contributed by atoms with Gasteiger partial charge in [-0.05, 0) is 49.4 Å². The number of carbonyl (C=O) groups excluding carboxylic acids is 2. The summed E-state index contributed by atoms with van der Waals surface area (Å²) in [4.78, 5) is 25.5. The van der Waals surface area contributed by atoms with E-state index in [2.05, 4.69) is 0 Å². The molecule has 3 aromatic carbocycles. The Labute approximate surface area is 198 Å². The Bertz CT molecular complexity index is 1290. The molecule has 3 aromatic rings. The summed E-state index contributed by atoms with van der Waals surface area (Å²) < 4.78 is 42.9. The predicted molar refractivity (Wildman–Crippen MR) is 127 cm³/mol. The summed E-state index contributed by atoms with van der Waals surface area (Å²) in [6, 6.07) is 18.7. The normalized spacial score (nSPS) is 11.9. The van der Waals surface area contributed by atoms with Crippen LogP contribution in [0.5, 0.6) is 11.5 Å². The van der Waals surface area contributed by atoms with Crippen molar-refractivity contribution in [3.05, 3.63) is 83.9 Å². The summed E-state index contributed by atoms with van der Waals surface area (Å²) in [7, 11) is 0.418. The molecule has 0 aliphatic heterocycles. The van der Waals surface area contributed by atoms with E-state index in [9.17, 15) is 18.0 Å². The summed E-state index contributed by atoms with van der Waals surface area (Å²) in [5, 5.41) is 0. The maximum atomic E-state index is 13.0. The van der Waals surface area contributed by atoms with Crippen molar-refractivity contribution in [3.63, 3.8) is 0 Å². The van der Waals surface area contributed by atoms with Gasteiger partial charge in [-0.15, -0.1) is 0 Å². The Morgan fingerprint density at radius 3 is 2.24 bits per heavy atom. The summed E-state index contributed by atoms with van der Waals surface area (Å²) in [6.07, 6.45) is -1.14. The first-order chi connectivity index (χ1) is 16.2. The number of esters is 1. The molecule has 0 spiro atoms. The van der Waals surface area contributed by atoms with Gasteiger partial charge in [0.25, 0.3) is 10.0 Å². The second-order valence-corrected chi connectivity index (χ2v) is 9.28. The fourth-order valence-electron chi connectivity index (χ4n) is 3.22. The van der Waals surface area contributed by atoms with Crippen molar-refractivity contribution in [2.75, 3.05) is 25.6 Å². The number of hydrogen-bond donors (Lipinski definition) is 0. The predicted octanol–water partition coefficient (Wildman–Crippen LogP) is 3.96. The number of ether oxygens (including phenoxy) is 3. The molecule has 0 N–H and O–H groups in total. The molecule has 0 fully saturated rings. The van der Waals surface area contributed by atoms with Crippen LogP contribution in [0.25, 0.3) is 0 Å². The Kier molecular flexibility index (Phi) is 7.57. The van der Waals surface area contributed by atoms with E-state index in [0.29, 0.717) is 11.4 Å². The molecule has 178 valence electrons. The van der Waals surface area contributed by atoms with Crippen molar-refractivity contribution < 1.29 is 32.2 Å². The van der Waals surface area contributed by atoms with Crippen LogP contribution < -0.4 is 13.8 Å². The van der Waals surface area contributed by atoms with Gasteiger partial charge in [-0.1, -0.05) is 24.3 Å². The third kappa shape index (κ3) is 5.20. The van der Waals surface area contributed by atoms with E-state index in [4.69, 9.17) is 14.2 Å². The van der Waals surface area contributed by atoms with Crippen LogP contribution in [0.1, 0.15) is 27.6 Å². The van der Waals surface area contributed by atoms with Crippen LogP contribution in [0.4, 0.5) is 5.69 Å². The number of methoxy groups -OCH3 is 2. The first-order valence-electron chi connectivity index (χ1n) is 10.3. The third-order valence-corrected chi connectivity index (χ3v) is 6.96. The SMILES string of the molecule is COc1ccc(C(=O)[C@H](C)OC(=O)c2cccc(S(=O)(=O)N(C)c3ccccc3)c2)c(OC)c1. The fraction of sp³-hybridized carbons (Fsp3) is 0.200. The third-order valence-electron chi connectivity index (χ3n) is 5.18. The van der Waals surface area contributed by atoms with Crippen LogP contribution in [0.15, 0.2) is 77.7 Å². The van der Waals surface area contributed by atoms with E-state index in [-0.39, 0.29) is 21.8 Å². The second-order valence-electron chi connectivity index (χ2n) is 7.31. The number of carbonyl (C=O) groups is 2. The van der Waals surface area contributed by atoms with E-state index in [0.717, 1.165) is 4.31 Å². The lowest BCUT2D eigenvalue weighted by atomic mass is 10.1. The van der Waals surface area contributed by atoms with Crippen molar-refractivity contribution >= 4 is 27.5 Å². The maximum absolute atomic E-state index is 13.0. The van der Waals surface area contributed by atoms with E-state index >= 15 is 0 Å². The molecule has 0 unspecified atom stereocenters. The second kappa shape index (κ2) is 10.4. The van der Waals surface area contributed by atoms with Crippen molar-refractivity contribution in [1.82, 2.24) is 0 Å². The molecule has 0 radical (unpaired) electrons. The fourth-order valence-corrected chi connectivity index (χ4v) is 4.46. The Hall–Kier alpha value is -3.85. The van der Waals surface area contributed by atoms with Gasteiger partial charge in [-0.3, -0.25) is 9.10 Å². The number of sulfonamides is 1. The van der Waals surface area contributed by atoms with Gasteiger partial charge in [0.05, 0.1) is 35.9 Å². The zero-order chi connectivity index (χ0) is 24.9. The van der Waals surface area contributed by atoms with Crippen LogP contribution in [0.2, 0.25) is 0 Å². The van der Waals surface area contributed by atoms with Gasteiger partial charge in [0, 0.05) is 13.1 Å². The lowest BCUT2D eigenvalue weighted by Gasteiger charge is -2.20. The van der Waals surface area contributed by atoms with Crippen LogP contribution >= 0.6 is 0 Å². The molecular formula is C25H25NO7S. The van der Waals surface area contributed by atoms with E-state index < -0.39 is 27.9 Å². The van der Waals surface area contributed by atoms with Gasteiger partial charge in [-0.2, -0.15) is 0 Å². The van der Waals surface area contributed by atoms with Gasteiger partial charge < -0.3 is 14.2 Å². The van der Waals surface area contributed by atoms with Crippen molar-refractivity contribution in [1.29, 1.82) is 0 Å². The molecule has 3 rings (SSSR count). The Balaban J connectivity index is 1.80. The average Bonchev–Trinajstić information content (AvgIpc) is 2.87. The molecule has 0 aliphatic rings. The smallest absolute Gasteiger partial charge is 0.338 e. The number of anilines is 1. The number of benzene rings is 3. The number of rotatable bonds is 9. The van der Waals surface area contributed by atoms with Crippen molar-refractivity contribution in [3.8, 4) is 11.5 Å². The number of para-hydroxylation sites is 1. The quantitative estimate of drug-likeness (QED) is 0.336. The molecule has 9 heteroatoms. The van der Waals surface area contributed by atoms with Crippen LogP contribution in [0, 0.1) is 0 Å². The molecule has 0 aromatic heterocycles. The molecule has 0 amide bonds. The number of nitrogens with zero attached hydrogens (tertiary/aromatic N) is 1. The lowest BCUT2D eigenvalue weighted by molar-refractivity contribution is 0.0317. The average molecular weight is 484 g/mol. The molecule has 8 nitrogen and oxygen atoms in total. The van der Waals surface area contributed by atoms with E-state index in [1.54, 1.807) is 42.5 Å². The monoisotopic (exact) mass is 483 g/mol. The topological polar surface area (TPSA) is 99.2 Å². The van der Waals surface area contributed by atoms with Gasteiger partial charge in [0.15, 0.2) is 6.10 Å². The molecule has 0 saturated carbocycles. The molecular weight excluding hydrogens is 458 g/mol. The Morgan fingerprint density at radius 1 is 0.882 bits per heavy atom. The summed E-state index contributed by atoms with van der Waals surface area (Å²) >= 11 is 0. The minimum atomic E-state index is -3.92. The maximum Gasteiger partial charge on any atom is 0.338 e. The van der Waals surface area contributed by atoms with E-state index in [1.807, 2.05) is 0 Å². The highest BCUT2D eigenvalue weighted by Crippen LogP contribution is 2.27. The lowest BCUT2D eigenvalue weighted by Crippen LogP contribution is -2.27. The van der Waals surface area contributed by atoms with Crippen molar-refractivity contribution in [2.24, 2.45) is 0 Å². The zero-order valence-corrected chi connectivity index (χ0v) is 20.0. The minimum Gasteiger partial charge on any atom is -0.497 e. The minimum absolute atomic E-state index is 0.00359. The number of ketones is 1. The largest absolute Gasteiger partial charge is 0.497 e. The summed E-state index contributed by atoms with van der Waals surface area (Å²) in [6.45, 7) is 1.44. The van der Waals surface area contributed by atoms with Crippen LogP contribution in [0.3, 0.4) is 0 Å². The van der Waals surface area contributed by atoms with Gasteiger partial charge >= 0.3 is 5.97 Å². The highest BCUT2D eigenvalue weighted by atomic mass is 32.2. The zero-order valence-electron chi connectivity index (χ0n) is 19.2.